The number of amides is 6. The quantitative estimate of drug-likeness (QED) is 0.136. The Balaban J connectivity index is 1.80. The van der Waals surface area contributed by atoms with Crippen molar-refractivity contribution in [2.45, 2.75) is 154 Å². The van der Waals surface area contributed by atoms with Gasteiger partial charge in [-0.15, -0.1) is 0 Å². The number of hydrogen-bond acceptors (Lipinski definition) is 15. The van der Waals surface area contributed by atoms with Crippen molar-refractivity contribution in [3.05, 3.63) is 0 Å². The second kappa shape index (κ2) is 20.3. The average Bonchev–Trinajstić information content (AvgIpc) is 3.21. The molecule has 21 nitrogen and oxygen atoms in total. The fraction of sp³-hybridized carbons (Fsp3) is 0.821. The topological polar surface area (TPSA) is 269 Å². The molecule has 4 rings (SSSR count). The normalized spacial score (nSPS) is 33.3. The van der Waals surface area contributed by atoms with E-state index < -0.39 is 114 Å². The number of fused-ring (bicyclic) bond motifs is 2. The number of aliphatic hydroxyl groups is 3. The molecular weight excluding hydrogens is 788 g/mol. The smallest absolute Gasteiger partial charge is 0.329 e. The Hall–Kier alpha value is -3.99. The van der Waals surface area contributed by atoms with Crippen LogP contribution >= 0.6 is 0 Å². The lowest BCUT2D eigenvalue weighted by molar-refractivity contribution is -0.326. The van der Waals surface area contributed by atoms with Gasteiger partial charge in [0.1, 0.15) is 43.0 Å². The molecule has 6 amide bonds. The SMILES string of the molecule is CON1C(=O)C2CCCNN2C(=O)C(NC(=O)C(C)(O)C2(O)CCC(CC(C)C)C(C)O2)C(C(C)C)OC(=O)C(C)N(CO)C(=O)C2CCCNN2C(=O)CNC(=O)C1C. The number of rotatable bonds is 8. The Labute approximate surface area is 351 Å². The molecule has 4 aliphatic rings. The Morgan fingerprint density at radius 2 is 1.53 bits per heavy atom. The van der Waals surface area contributed by atoms with Gasteiger partial charge in [-0.05, 0) is 84.0 Å². The largest absolute Gasteiger partial charge is 0.458 e. The number of hydroxylamine groups is 2. The Kier molecular flexibility index (Phi) is 16.4. The highest BCUT2D eigenvalue weighted by molar-refractivity contribution is 5.97. The molecule has 0 aromatic heterocycles. The number of carbonyl (C=O) groups is 7. The molecule has 0 bridgehead atoms. The van der Waals surface area contributed by atoms with Crippen molar-refractivity contribution in [3.8, 4) is 0 Å². The molecule has 0 radical (unpaired) electrons. The van der Waals surface area contributed by atoms with Crippen molar-refractivity contribution in [1.29, 1.82) is 0 Å². The summed E-state index contributed by atoms with van der Waals surface area (Å²) in [7, 11) is 1.15. The van der Waals surface area contributed by atoms with Gasteiger partial charge in [0.05, 0.1) is 19.8 Å². The molecule has 0 aliphatic carbocycles. The number of ether oxygens (including phenoxy) is 2. The highest BCUT2D eigenvalue weighted by Crippen LogP contribution is 2.40. The lowest BCUT2D eigenvalue weighted by Gasteiger charge is -2.47. The maximum absolute atomic E-state index is 14.9. The Morgan fingerprint density at radius 1 is 0.933 bits per heavy atom. The molecule has 21 heteroatoms. The van der Waals surface area contributed by atoms with Crippen LogP contribution in [-0.4, -0.2) is 164 Å². The first-order chi connectivity index (χ1) is 28.1. The maximum atomic E-state index is 14.9. The first kappa shape index (κ1) is 48.7. The monoisotopic (exact) mass is 854 g/mol. The maximum Gasteiger partial charge on any atom is 0.329 e. The van der Waals surface area contributed by atoms with Crippen molar-refractivity contribution in [3.63, 3.8) is 0 Å². The van der Waals surface area contributed by atoms with Gasteiger partial charge >= 0.3 is 5.97 Å². The second-order valence-corrected chi connectivity index (χ2v) is 17.2. The molecule has 0 spiro atoms. The molecule has 60 heavy (non-hydrogen) atoms. The number of nitrogens with one attached hydrogen (secondary N) is 4. The first-order valence-electron chi connectivity index (χ1n) is 20.9. The molecule has 0 aromatic carbocycles. The molecule has 10 unspecified atom stereocenters. The summed E-state index contributed by atoms with van der Waals surface area (Å²) in [6.07, 6.45) is -0.00939. The van der Waals surface area contributed by atoms with E-state index in [1.807, 2.05) is 13.8 Å². The molecular formula is C39H66N8O13. The van der Waals surface area contributed by atoms with Gasteiger partial charge in [-0.25, -0.2) is 20.7 Å². The molecule has 4 heterocycles. The van der Waals surface area contributed by atoms with Crippen LogP contribution in [0.5, 0.6) is 0 Å². The average molecular weight is 855 g/mol. The first-order valence-corrected chi connectivity index (χ1v) is 20.9. The number of cyclic esters (lactones) is 1. The number of esters is 1. The van der Waals surface area contributed by atoms with Gasteiger partial charge in [0, 0.05) is 19.5 Å². The van der Waals surface area contributed by atoms with E-state index in [2.05, 4.69) is 21.5 Å². The number of hydrazine groups is 2. The van der Waals surface area contributed by atoms with Crippen LogP contribution in [0.1, 0.15) is 100 Å². The predicted molar refractivity (Wildman–Crippen MR) is 210 cm³/mol. The van der Waals surface area contributed by atoms with Crippen LogP contribution in [0.3, 0.4) is 0 Å². The predicted octanol–water partition coefficient (Wildman–Crippen LogP) is -1.59. The van der Waals surface area contributed by atoms with Crippen LogP contribution in [0.2, 0.25) is 0 Å². The fourth-order valence-electron chi connectivity index (χ4n) is 8.29. The van der Waals surface area contributed by atoms with E-state index in [1.54, 1.807) is 20.8 Å². The summed E-state index contributed by atoms with van der Waals surface area (Å²) in [6, 6.07) is -7.27. The summed E-state index contributed by atoms with van der Waals surface area (Å²) >= 11 is 0. The van der Waals surface area contributed by atoms with Crippen molar-refractivity contribution >= 4 is 41.4 Å². The van der Waals surface area contributed by atoms with Gasteiger partial charge in [0.25, 0.3) is 23.6 Å². The van der Waals surface area contributed by atoms with Crippen molar-refractivity contribution < 1.29 is 63.2 Å². The molecule has 10 atom stereocenters. The minimum atomic E-state index is -2.68. The third-order valence-corrected chi connectivity index (χ3v) is 12.0. The molecule has 7 N–H and O–H groups in total. The van der Waals surface area contributed by atoms with E-state index in [1.165, 1.54) is 13.8 Å². The van der Waals surface area contributed by atoms with Crippen molar-refractivity contribution in [1.82, 2.24) is 41.5 Å². The van der Waals surface area contributed by atoms with Gasteiger partial charge in [0.2, 0.25) is 17.6 Å². The standard InChI is InChI=1S/C39H66N8O13/c1-21(2)18-26-14-15-39(57,60-25(26)7)38(8,56)37(55)43-30-31(22(3)4)59-36(54)24(6)44(20-48)33(51)27-12-10-16-41-45(27)29(49)19-40-32(50)23(5)47(58-9)34(52)28-13-11-17-42-46(28)35(30)53/h21-28,30-31,41-42,48,56-57H,10-20H2,1-9H3,(H,40,50)(H,43,55). The van der Waals surface area contributed by atoms with E-state index in [-0.39, 0.29) is 31.7 Å². The van der Waals surface area contributed by atoms with Crippen molar-refractivity contribution in [2.75, 3.05) is 33.5 Å². The van der Waals surface area contributed by atoms with Gasteiger partial charge in [0.15, 0.2) is 5.60 Å². The van der Waals surface area contributed by atoms with Gasteiger partial charge < -0.3 is 40.3 Å². The summed E-state index contributed by atoms with van der Waals surface area (Å²) in [6.45, 7) is 11.6. The fourth-order valence-corrected chi connectivity index (χ4v) is 8.29. The van der Waals surface area contributed by atoms with Crippen LogP contribution in [0.4, 0.5) is 0 Å². The van der Waals surface area contributed by atoms with Gasteiger partial charge in [-0.1, -0.05) is 27.7 Å². The zero-order valence-corrected chi connectivity index (χ0v) is 36.3. The lowest BCUT2D eigenvalue weighted by Crippen LogP contribution is -2.70. The Bertz CT molecular complexity index is 1600. The van der Waals surface area contributed by atoms with E-state index in [4.69, 9.17) is 14.3 Å². The highest BCUT2D eigenvalue weighted by atomic mass is 16.7. The van der Waals surface area contributed by atoms with E-state index >= 15 is 0 Å². The summed E-state index contributed by atoms with van der Waals surface area (Å²) in [5.74, 6) is -9.34. The van der Waals surface area contributed by atoms with Crippen molar-refractivity contribution in [2.24, 2.45) is 17.8 Å². The molecule has 340 valence electrons. The number of carbonyl (C=O) groups excluding carboxylic acids is 7. The zero-order valence-electron chi connectivity index (χ0n) is 36.3. The summed E-state index contributed by atoms with van der Waals surface area (Å²) in [5, 5.41) is 41.7. The number of hydrogen-bond donors (Lipinski definition) is 7. The number of nitrogens with zero attached hydrogens (tertiary/aromatic N) is 4. The van der Waals surface area contributed by atoms with Crippen LogP contribution in [0.25, 0.3) is 0 Å². The third-order valence-electron chi connectivity index (χ3n) is 12.0. The second-order valence-electron chi connectivity index (χ2n) is 17.2. The number of aliphatic hydroxyl groups excluding tert-OH is 1. The van der Waals surface area contributed by atoms with Gasteiger partial charge in [-0.2, -0.15) is 0 Å². The lowest BCUT2D eigenvalue weighted by atomic mass is 9.79. The third kappa shape index (κ3) is 10.4. The van der Waals surface area contributed by atoms with E-state index in [9.17, 15) is 48.9 Å². The van der Waals surface area contributed by atoms with Crippen LogP contribution in [-0.2, 0) is 47.9 Å². The molecule has 0 saturated carbocycles. The summed E-state index contributed by atoms with van der Waals surface area (Å²) < 4.78 is 11.9. The van der Waals surface area contributed by atoms with Gasteiger partial charge in [-0.3, -0.25) is 43.6 Å². The zero-order chi connectivity index (χ0) is 44.9. The summed E-state index contributed by atoms with van der Waals surface area (Å²) in [5.41, 5.74) is 3.06. The highest BCUT2D eigenvalue weighted by Gasteiger charge is 2.57. The molecule has 0 aromatic rings. The minimum Gasteiger partial charge on any atom is -0.458 e. The van der Waals surface area contributed by atoms with E-state index in [0.29, 0.717) is 31.7 Å². The molecule has 4 saturated heterocycles. The van der Waals surface area contributed by atoms with Crippen LogP contribution in [0.15, 0.2) is 0 Å². The van der Waals surface area contributed by atoms with Crippen LogP contribution < -0.4 is 21.5 Å². The van der Waals surface area contributed by atoms with Crippen LogP contribution in [0, 0.1) is 17.8 Å². The molecule has 4 fully saturated rings. The van der Waals surface area contributed by atoms with E-state index in [0.717, 1.165) is 40.4 Å². The minimum absolute atomic E-state index is 0.0342. The Morgan fingerprint density at radius 3 is 2.08 bits per heavy atom. The summed E-state index contributed by atoms with van der Waals surface area (Å²) in [4.78, 5) is 105. The molecule has 4 aliphatic heterocycles.